The van der Waals surface area contributed by atoms with Crippen LogP contribution in [0.5, 0.6) is 0 Å². The Bertz CT molecular complexity index is 570. The lowest BCUT2D eigenvalue weighted by molar-refractivity contribution is -0.152. The van der Waals surface area contributed by atoms with E-state index in [1.165, 1.54) is 0 Å². The third kappa shape index (κ3) is 5.98. The van der Waals surface area contributed by atoms with E-state index in [1.54, 1.807) is 6.92 Å². The van der Waals surface area contributed by atoms with E-state index in [0.29, 0.717) is 17.5 Å². The van der Waals surface area contributed by atoms with Gasteiger partial charge >= 0.3 is 5.97 Å². The summed E-state index contributed by atoms with van der Waals surface area (Å²) in [5, 5.41) is 0.686. The van der Waals surface area contributed by atoms with Gasteiger partial charge in [0.2, 0.25) is 0 Å². The van der Waals surface area contributed by atoms with Crippen LogP contribution in [-0.2, 0) is 14.3 Å². The number of likely N-dealkylation sites (tertiary alicyclic amines) is 1. The Morgan fingerprint density at radius 2 is 2.16 bits per heavy atom. The number of carbonyl (C=O) groups is 1. The fourth-order valence-electron chi connectivity index (χ4n) is 3.41. The van der Waals surface area contributed by atoms with E-state index in [4.69, 9.17) is 21.1 Å². The smallest absolute Gasteiger partial charge is 0.332 e. The van der Waals surface area contributed by atoms with Gasteiger partial charge in [0.15, 0.2) is 0 Å². The van der Waals surface area contributed by atoms with Gasteiger partial charge in [-0.25, -0.2) is 4.79 Å². The molecule has 140 valence electrons. The first-order valence-corrected chi connectivity index (χ1v) is 9.46. The minimum Gasteiger partial charge on any atom is -0.464 e. The maximum absolute atomic E-state index is 11.8. The number of halogens is 1. The number of carbonyl (C=O) groups excluding carboxylic acids is 1. The van der Waals surface area contributed by atoms with Crippen molar-refractivity contribution in [3.8, 4) is 0 Å². The Labute approximate surface area is 156 Å². The number of nitrogens with zero attached hydrogens (tertiary/aromatic N) is 1. The van der Waals surface area contributed by atoms with Gasteiger partial charge in [0, 0.05) is 23.0 Å². The van der Waals surface area contributed by atoms with Gasteiger partial charge in [-0.1, -0.05) is 23.7 Å². The van der Waals surface area contributed by atoms with Crippen LogP contribution in [0.4, 0.5) is 0 Å². The molecule has 0 radical (unpaired) electrons. The van der Waals surface area contributed by atoms with Crippen molar-refractivity contribution in [2.45, 2.75) is 52.2 Å². The molecule has 1 heterocycles. The zero-order chi connectivity index (χ0) is 18.4. The van der Waals surface area contributed by atoms with Crippen molar-refractivity contribution in [1.29, 1.82) is 0 Å². The third-order valence-corrected chi connectivity index (χ3v) is 4.93. The summed E-state index contributed by atoms with van der Waals surface area (Å²) < 4.78 is 11.1. The third-order valence-electron chi connectivity index (χ3n) is 4.70. The second-order valence-corrected chi connectivity index (χ2v) is 8.05. The molecule has 0 spiro atoms. The van der Waals surface area contributed by atoms with Gasteiger partial charge < -0.3 is 9.47 Å². The van der Waals surface area contributed by atoms with E-state index in [2.05, 4.69) is 25.7 Å². The summed E-state index contributed by atoms with van der Waals surface area (Å²) >= 11 is 6.18. The zero-order valence-corrected chi connectivity index (χ0v) is 16.5. The summed E-state index contributed by atoms with van der Waals surface area (Å²) in [6, 6.07) is 7.75. The number of hydrogen-bond acceptors (Lipinski definition) is 4. The summed E-state index contributed by atoms with van der Waals surface area (Å²) in [4.78, 5) is 14.3. The van der Waals surface area contributed by atoms with E-state index in [9.17, 15) is 4.79 Å². The van der Waals surface area contributed by atoms with Gasteiger partial charge in [-0.05, 0) is 64.8 Å². The highest BCUT2D eigenvalue weighted by atomic mass is 35.5. The molecule has 0 N–H and O–H groups in total. The van der Waals surface area contributed by atoms with Crippen molar-refractivity contribution in [2.75, 3.05) is 26.3 Å². The molecule has 4 nitrogen and oxygen atoms in total. The predicted octanol–water partition coefficient (Wildman–Crippen LogP) is 4.47. The van der Waals surface area contributed by atoms with E-state index < -0.39 is 0 Å². The van der Waals surface area contributed by atoms with Crippen molar-refractivity contribution in [2.24, 2.45) is 5.92 Å². The number of rotatable bonds is 6. The first-order chi connectivity index (χ1) is 11.8. The fraction of sp³-hybridized carbons (Fsp3) is 0.650. The van der Waals surface area contributed by atoms with Crippen molar-refractivity contribution >= 4 is 17.6 Å². The Hall–Kier alpha value is -1.10. The monoisotopic (exact) mass is 367 g/mol. The Kier molecular flexibility index (Phi) is 7.29. The highest BCUT2D eigenvalue weighted by Gasteiger charge is 2.33. The van der Waals surface area contributed by atoms with E-state index in [-0.39, 0.29) is 24.2 Å². The molecule has 1 aromatic rings. The number of piperidine rings is 1. The van der Waals surface area contributed by atoms with Crippen molar-refractivity contribution in [1.82, 2.24) is 4.90 Å². The molecule has 5 heteroatoms. The molecular weight excluding hydrogens is 338 g/mol. The summed E-state index contributed by atoms with van der Waals surface area (Å²) in [5.41, 5.74) is 1.15. The lowest BCUT2D eigenvalue weighted by Crippen LogP contribution is -2.48. The maximum Gasteiger partial charge on any atom is 0.332 e. The second kappa shape index (κ2) is 9.02. The Balaban J connectivity index is 2.17. The molecule has 0 saturated carbocycles. The number of benzene rings is 1. The second-order valence-electron chi connectivity index (χ2n) is 7.61. The highest BCUT2D eigenvalue weighted by molar-refractivity contribution is 6.30. The molecule has 1 aromatic carbocycles. The van der Waals surface area contributed by atoms with Crippen LogP contribution in [-0.4, -0.2) is 42.7 Å². The molecule has 0 unspecified atom stereocenters. The molecule has 1 aliphatic heterocycles. The molecule has 2 atom stereocenters. The molecule has 1 fully saturated rings. The maximum atomic E-state index is 11.8. The van der Waals surface area contributed by atoms with E-state index in [0.717, 1.165) is 31.5 Å². The first kappa shape index (κ1) is 20.2. The standard InChI is InChI=1S/C20H30ClNO3/c1-5-24-18(23)14-25-19(15-8-6-10-17(21)12-15)16-9-7-11-22(13-16)20(2,3)4/h6,8,10,12,16,19H,5,7,9,11,13-14H2,1-4H3/t16-,19+/m1/s1. The van der Waals surface area contributed by atoms with Crippen LogP contribution in [0.2, 0.25) is 5.02 Å². The van der Waals surface area contributed by atoms with Crippen LogP contribution in [0.25, 0.3) is 0 Å². The normalized spacial score (nSPS) is 20.3. The van der Waals surface area contributed by atoms with Crippen molar-refractivity contribution in [3.05, 3.63) is 34.9 Å². The van der Waals surface area contributed by atoms with Gasteiger partial charge in [0.1, 0.15) is 6.61 Å². The molecule has 1 aliphatic rings. The molecule has 0 aromatic heterocycles. The quantitative estimate of drug-likeness (QED) is 0.695. The average molecular weight is 368 g/mol. The highest BCUT2D eigenvalue weighted by Crippen LogP contribution is 2.35. The first-order valence-electron chi connectivity index (χ1n) is 9.09. The fourth-order valence-corrected chi connectivity index (χ4v) is 3.61. The molecule has 0 aliphatic carbocycles. The van der Waals surface area contributed by atoms with Crippen LogP contribution in [0.3, 0.4) is 0 Å². The van der Waals surface area contributed by atoms with Crippen LogP contribution in [0.15, 0.2) is 24.3 Å². The minimum absolute atomic E-state index is 0.0307. The Morgan fingerprint density at radius 1 is 1.40 bits per heavy atom. The van der Waals surface area contributed by atoms with Crippen LogP contribution >= 0.6 is 11.6 Å². The molecule has 1 saturated heterocycles. The van der Waals surface area contributed by atoms with Crippen molar-refractivity contribution in [3.63, 3.8) is 0 Å². The van der Waals surface area contributed by atoms with E-state index >= 15 is 0 Å². The number of esters is 1. The SMILES string of the molecule is CCOC(=O)CO[C@@H](c1cccc(Cl)c1)[C@@H]1CCCN(C(C)(C)C)C1. The van der Waals surface area contributed by atoms with Gasteiger partial charge in [0.25, 0.3) is 0 Å². The zero-order valence-electron chi connectivity index (χ0n) is 15.8. The van der Waals surface area contributed by atoms with Gasteiger partial charge in [-0.2, -0.15) is 0 Å². The Morgan fingerprint density at radius 3 is 2.80 bits per heavy atom. The molecule has 25 heavy (non-hydrogen) atoms. The molecule has 0 bridgehead atoms. The van der Waals surface area contributed by atoms with Crippen molar-refractivity contribution < 1.29 is 14.3 Å². The van der Waals surface area contributed by atoms with Gasteiger partial charge in [-0.3, -0.25) is 4.90 Å². The van der Waals surface area contributed by atoms with Crippen LogP contribution in [0, 0.1) is 5.92 Å². The van der Waals surface area contributed by atoms with Gasteiger partial charge in [0.05, 0.1) is 12.7 Å². The lowest BCUT2D eigenvalue weighted by Gasteiger charge is -2.43. The number of hydrogen-bond donors (Lipinski definition) is 0. The minimum atomic E-state index is -0.321. The summed E-state index contributed by atoms with van der Waals surface area (Å²) in [6.07, 6.45) is 2.04. The lowest BCUT2D eigenvalue weighted by atomic mass is 9.86. The number of ether oxygens (including phenoxy) is 2. The average Bonchev–Trinajstić information content (AvgIpc) is 2.55. The van der Waals surface area contributed by atoms with Gasteiger partial charge in [-0.15, -0.1) is 0 Å². The molecular formula is C20H30ClNO3. The summed E-state index contributed by atoms with van der Waals surface area (Å²) in [5.74, 6) is -0.00103. The van der Waals surface area contributed by atoms with Crippen LogP contribution in [0.1, 0.15) is 52.2 Å². The summed E-state index contributed by atoms with van der Waals surface area (Å²) in [6.45, 7) is 10.9. The summed E-state index contributed by atoms with van der Waals surface area (Å²) in [7, 11) is 0. The van der Waals surface area contributed by atoms with E-state index in [1.807, 2.05) is 24.3 Å². The topological polar surface area (TPSA) is 38.8 Å². The predicted molar refractivity (Wildman–Crippen MR) is 101 cm³/mol. The van der Waals surface area contributed by atoms with Crippen LogP contribution < -0.4 is 0 Å². The largest absolute Gasteiger partial charge is 0.464 e. The molecule has 2 rings (SSSR count). The molecule has 0 amide bonds.